The SMILES string of the molecule is NC(=O)[C@@H](Cc1ccccc1F)NC(=O)c1cccc([N+](=O)[O-])c1. The van der Waals surface area contributed by atoms with Crippen LogP contribution in [-0.4, -0.2) is 22.8 Å². The summed E-state index contributed by atoms with van der Waals surface area (Å²) in [5.74, 6) is -2.07. The lowest BCUT2D eigenvalue weighted by molar-refractivity contribution is -0.384. The Balaban J connectivity index is 2.17. The fourth-order valence-corrected chi connectivity index (χ4v) is 2.11. The Morgan fingerprint density at radius 2 is 1.92 bits per heavy atom. The minimum atomic E-state index is -1.14. The maximum atomic E-state index is 13.7. The van der Waals surface area contributed by atoms with Gasteiger partial charge in [-0.05, 0) is 17.7 Å². The van der Waals surface area contributed by atoms with Crippen LogP contribution in [0, 0.1) is 15.9 Å². The smallest absolute Gasteiger partial charge is 0.270 e. The van der Waals surface area contributed by atoms with Gasteiger partial charge in [-0.2, -0.15) is 0 Å². The lowest BCUT2D eigenvalue weighted by Crippen LogP contribution is -2.46. The molecule has 0 aliphatic carbocycles. The number of carbonyl (C=O) groups is 2. The first-order chi connectivity index (χ1) is 11.4. The van der Waals surface area contributed by atoms with E-state index in [0.717, 1.165) is 6.07 Å². The molecule has 24 heavy (non-hydrogen) atoms. The Hall–Kier alpha value is -3.29. The van der Waals surface area contributed by atoms with E-state index in [2.05, 4.69) is 5.32 Å². The topological polar surface area (TPSA) is 115 Å². The van der Waals surface area contributed by atoms with Crippen LogP contribution in [0.25, 0.3) is 0 Å². The molecule has 3 N–H and O–H groups in total. The highest BCUT2D eigenvalue weighted by molar-refractivity contribution is 5.97. The first kappa shape index (κ1) is 17.1. The number of nitro groups is 1. The molecule has 0 fully saturated rings. The Labute approximate surface area is 136 Å². The monoisotopic (exact) mass is 331 g/mol. The zero-order valence-electron chi connectivity index (χ0n) is 12.4. The van der Waals surface area contributed by atoms with Gasteiger partial charge in [0.1, 0.15) is 11.9 Å². The maximum Gasteiger partial charge on any atom is 0.270 e. The normalized spacial score (nSPS) is 11.5. The summed E-state index contributed by atoms with van der Waals surface area (Å²) in [5, 5.41) is 13.1. The van der Waals surface area contributed by atoms with E-state index in [1.54, 1.807) is 6.07 Å². The summed E-state index contributed by atoms with van der Waals surface area (Å²) in [6.07, 6.45) is -0.122. The summed E-state index contributed by atoms with van der Waals surface area (Å²) in [6.45, 7) is 0. The van der Waals surface area contributed by atoms with Crippen molar-refractivity contribution in [2.75, 3.05) is 0 Å². The van der Waals surface area contributed by atoms with Crippen LogP contribution in [-0.2, 0) is 11.2 Å². The van der Waals surface area contributed by atoms with Gasteiger partial charge in [0, 0.05) is 24.1 Å². The van der Waals surface area contributed by atoms with Gasteiger partial charge in [0.25, 0.3) is 11.6 Å². The van der Waals surface area contributed by atoms with Crippen LogP contribution < -0.4 is 11.1 Å². The summed E-state index contributed by atoms with van der Waals surface area (Å²) in [6, 6.07) is 9.69. The number of nitrogens with two attached hydrogens (primary N) is 1. The molecular weight excluding hydrogens is 317 g/mol. The van der Waals surface area contributed by atoms with Gasteiger partial charge >= 0.3 is 0 Å². The van der Waals surface area contributed by atoms with E-state index in [-0.39, 0.29) is 23.2 Å². The lowest BCUT2D eigenvalue weighted by atomic mass is 10.0. The molecule has 0 radical (unpaired) electrons. The van der Waals surface area contributed by atoms with Crippen LogP contribution in [0.3, 0.4) is 0 Å². The largest absolute Gasteiger partial charge is 0.368 e. The second-order valence-electron chi connectivity index (χ2n) is 5.03. The van der Waals surface area contributed by atoms with Crippen molar-refractivity contribution in [3.63, 3.8) is 0 Å². The molecule has 2 rings (SSSR count). The van der Waals surface area contributed by atoms with Crippen LogP contribution in [0.2, 0.25) is 0 Å². The van der Waals surface area contributed by atoms with Crippen LogP contribution in [0.15, 0.2) is 48.5 Å². The first-order valence-corrected chi connectivity index (χ1v) is 6.96. The molecule has 0 aliphatic rings. The molecule has 0 spiro atoms. The van der Waals surface area contributed by atoms with Crippen molar-refractivity contribution in [3.05, 3.63) is 75.6 Å². The van der Waals surface area contributed by atoms with E-state index >= 15 is 0 Å². The van der Waals surface area contributed by atoms with E-state index in [9.17, 15) is 24.1 Å². The molecule has 2 aromatic rings. The number of amides is 2. The van der Waals surface area contributed by atoms with Crippen LogP contribution >= 0.6 is 0 Å². The molecule has 0 bridgehead atoms. The molecule has 0 heterocycles. The number of halogens is 1. The fraction of sp³-hybridized carbons (Fsp3) is 0.125. The number of nitrogens with zero attached hydrogens (tertiary/aromatic N) is 1. The predicted molar refractivity (Wildman–Crippen MR) is 83.6 cm³/mol. The van der Waals surface area contributed by atoms with E-state index in [1.807, 2.05) is 0 Å². The Bertz CT molecular complexity index is 794. The van der Waals surface area contributed by atoms with Gasteiger partial charge < -0.3 is 11.1 Å². The summed E-state index contributed by atoms with van der Waals surface area (Å²) in [7, 11) is 0. The molecule has 0 saturated carbocycles. The average Bonchev–Trinajstić information content (AvgIpc) is 2.56. The second-order valence-corrected chi connectivity index (χ2v) is 5.03. The highest BCUT2D eigenvalue weighted by Crippen LogP contribution is 2.14. The lowest BCUT2D eigenvalue weighted by Gasteiger charge is -2.16. The first-order valence-electron chi connectivity index (χ1n) is 6.96. The Morgan fingerprint density at radius 3 is 2.54 bits per heavy atom. The second kappa shape index (κ2) is 7.32. The van der Waals surface area contributed by atoms with Crippen molar-refractivity contribution in [1.82, 2.24) is 5.32 Å². The van der Waals surface area contributed by atoms with E-state index in [4.69, 9.17) is 5.73 Å². The number of non-ortho nitro benzene ring substituents is 1. The molecule has 0 aromatic heterocycles. The highest BCUT2D eigenvalue weighted by Gasteiger charge is 2.21. The number of nitro benzene ring substituents is 1. The fourth-order valence-electron chi connectivity index (χ4n) is 2.11. The van der Waals surface area contributed by atoms with Gasteiger partial charge in [-0.1, -0.05) is 24.3 Å². The molecule has 0 aliphatic heterocycles. The molecule has 1 atom stereocenters. The van der Waals surface area contributed by atoms with Crippen molar-refractivity contribution < 1.29 is 18.9 Å². The molecule has 7 nitrogen and oxygen atoms in total. The summed E-state index contributed by atoms with van der Waals surface area (Å²) < 4.78 is 13.7. The van der Waals surface area contributed by atoms with E-state index in [0.29, 0.717) is 0 Å². The minimum absolute atomic E-state index is 0.00369. The van der Waals surface area contributed by atoms with Crippen molar-refractivity contribution in [2.45, 2.75) is 12.5 Å². The highest BCUT2D eigenvalue weighted by atomic mass is 19.1. The summed E-state index contributed by atoms with van der Waals surface area (Å²) >= 11 is 0. The number of hydrogen-bond donors (Lipinski definition) is 2. The van der Waals surface area contributed by atoms with E-state index < -0.39 is 28.6 Å². The van der Waals surface area contributed by atoms with Crippen LogP contribution in [0.4, 0.5) is 10.1 Å². The molecule has 2 aromatic carbocycles. The van der Waals surface area contributed by atoms with Crippen molar-refractivity contribution >= 4 is 17.5 Å². The van der Waals surface area contributed by atoms with E-state index in [1.165, 1.54) is 36.4 Å². The Morgan fingerprint density at radius 1 is 1.21 bits per heavy atom. The van der Waals surface area contributed by atoms with Gasteiger partial charge in [-0.3, -0.25) is 19.7 Å². The number of carbonyl (C=O) groups excluding carboxylic acids is 2. The van der Waals surface area contributed by atoms with Crippen molar-refractivity contribution in [3.8, 4) is 0 Å². The zero-order valence-corrected chi connectivity index (χ0v) is 12.4. The Kier molecular flexibility index (Phi) is 5.20. The predicted octanol–water partition coefficient (Wildman–Crippen LogP) is 1.56. The molecule has 0 saturated heterocycles. The van der Waals surface area contributed by atoms with Crippen LogP contribution in [0.5, 0.6) is 0 Å². The summed E-state index contributed by atoms with van der Waals surface area (Å²) in [4.78, 5) is 33.8. The molecular formula is C16H14FN3O4. The molecule has 8 heteroatoms. The maximum absolute atomic E-state index is 13.7. The molecule has 2 amide bonds. The molecule has 124 valence electrons. The third kappa shape index (κ3) is 4.13. The number of rotatable bonds is 6. The van der Waals surface area contributed by atoms with Gasteiger partial charge in [-0.15, -0.1) is 0 Å². The third-order valence-corrected chi connectivity index (χ3v) is 3.35. The number of hydrogen-bond acceptors (Lipinski definition) is 4. The van der Waals surface area contributed by atoms with Gasteiger partial charge in [0.2, 0.25) is 5.91 Å². The van der Waals surface area contributed by atoms with Crippen LogP contribution in [0.1, 0.15) is 15.9 Å². The minimum Gasteiger partial charge on any atom is -0.368 e. The standard InChI is InChI=1S/C16H14FN3O4/c17-13-7-2-1-4-10(13)9-14(15(18)21)19-16(22)11-5-3-6-12(8-11)20(23)24/h1-8,14H,9H2,(H2,18,21)(H,19,22)/t14-/m1/s1. The van der Waals surface area contributed by atoms with Crippen molar-refractivity contribution in [2.24, 2.45) is 5.73 Å². The molecule has 0 unspecified atom stereocenters. The number of benzene rings is 2. The van der Waals surface area contributed by atoms with Crippen molar-refractivity contribution in [1.29, 1.82) is 0 Å². The van der Waals surface area contributed by atoms with Gasteiger partial charge in [-0.25, -0.2) is 4.39 Å². The number of primary amides is 1. The third-order valence-electron chi connectivity index (χ3n) is 3.35. The quantitative estimate of drug-likeness (QED) is 0.617. The zero-order chi connectivity index (χ0) is 17.7. The van der Waals surface area contributed by atoms with Gasteiger partial charge in [0.15, 0.2) is 0 Å². The van der Waals surface area contributed by atoms with Gasteiger partial charge in [0.05, 0.1) is 4.92 Å². The number of nitrogens with one attached hydrogen (secondary N) is 1. The average molecular weight is 331 g/mol. The summed E-state index contributed by atoms with van der Waals surface area (Å²) in [5.41, 5.74) is 5.22.